The summed E-state index contributed by atoms with van der Waals surface area (Å²) in [5, 5.41) is 0. The van der Waals surface area contributed by atoms with Crippen LogP contribution in [0.5, 0.6) is 0 Å². The van der Waals surface area contributed by atoms with E-state index in [1.807, 2.05) is 6.08 Å². The van der Waals surface area contributed by atoms with Crippen LogP contribution in [0.3, 0.4) is 0 Å². The Hall–Kier alpha value is -0.300. The summed E-state index contributed by atoms with van der Waals surface area (Å²) >= 11 is 0. The highest BCUT2D eigenvalue weighted by Gasteiger charge is 2.42. The van der Waals surface area contributed by atoms with E-state index in [-0.39, 0.29) is 0 Å². The monoisotopic (exact) mass is 167 g/mol. The van der Waals surface area contributed by atoms with E-state index in [4.69, 9.17) is 0 Å². The molecule has 1 nitrogen and oxygen atoms in total. The van der Waals surface area contributed by atoms with Gasteiger partial charge in [0.2, 0.25) is 0 Å². The predicted molar refractivity (Wildman–Crippen MR) is 54.2 cm³/mol. The van der Waals surface area contributed by atoms with Crippen molar-refractivity contribution in [2.75, 3.05) is 13.1 Å². The van der Waals surface area contributed by atoms with Crippen LogP contribution < -0.4 is 0 Å². The van der Waals surface area contributed by atoms with Gasteiger partial charge in [-0.05, 0) is 32.6 Å². The molecule has 0 atom stereocenters. The lowest BCUT2D eigenvalue weighted by atomic mass is 9.76. The summed E-state index contributed by atoms with van der Waals surface area (Å²) in [4.78, 5) is 2.52. The van der Waals surface area contributed by atoms with Crippen molar-refractivity contribution < 1.29 is 0 Å². The second-order valence-corrected chi connectivity index (χ2v) is 5.33. The predicted octanol–water partition coefficient (Wildman–Crippen LogP) is 2.68. The highest BCUT2D eigenvalue weighted by Crippen LogP contribution is 2.37. The van der Waals surface area contributed by atoms with Gasteiger partial charge in [0.25, 0.3) is 0 Å². The highest BCUT2D eigenvalue weighted by molar-refractivity contribution is 4.99. The number of likely N-dealkylation sites (tertiary alicyclic amines) is 1. The molecule has 0 spiro atoms. The topological polar surface area (TPSA) is 3.24 Å². The van der Waals surface area contributed by atoms with Crippen LogP contribution in [-0.2, 0) is 0 Å². The van der Waals surface area contributed by atoms with Crippen molar-refractivity contribution in [3.63, 3.8) is 0 Å². The lowest BCUT2D eigenvalue weighted by Crippen LogP contribution is -2.61. The maximum absolute atomic E-state index is 3.80. The van der Waals surface area contributed by atoms with Crippen LogP contribution in [0.2, 0.25) is 0 Å². The molecule has 0 aromatic heterocycles. The SMILES string of the molecule is C=CCC1(C)CN(C(C)(C)C)C1. The number of hydrogen-bond acceptors (Lipinski definition) is 1. The van der Waals surface area contributed by atoms with Crippen molar-refractivity contribution in [1.82, 2.24) is 4.90 Å². The molecule has 0 aromatic carbocycles. The van der Waals surface area contributed by atoms with E-state index in [2.05, 4.69) is 39.2 Å². The summed E-state index contributed by atoms with van der Waals surface area (Å²) in [5.41, 5.74) is 0.857. The Morgan fingerprint density at radius 2 is 1.92 bits per heavy atom. The molecule has 12 heavy (non-hydrogen) atoms. The maximum Gasteiger partial charge on any atom is 0.0125 e. The third kappa shape index (κ3) is 1.89. The minimum atomic E-state index is 0.348. The van der Waals surface area contributed by atoms with E-state index < -0.39 is 0 Å². The van der Waals surface area contributed by atoms with E-state index in [1.165, 1.54) is 13.1 Å². The fraction of sp³-hybridized carbons (Fsp3) is 0.818. The van der Waals surface area contributed by atoms with Gasteiger partial charge in [0.05, 0.1) is 0 Å². The minimum Gasteiger partial charge on any atom is -0.297 e. The number of allylic oxidation sites excluding steroid dienone is 1. The van der Waals surface area contributed by atoms with Crippen LogP contribution in [0.1, 0.15) is 34.1 Å². The lowest BCUT2D eigenvalue weighted by Gasteiger charge is -2.54. The van der Waals surface area contributed by atoms with Gasteiger partial charge < -0.3 is 0 Å². The first-order chi connectivity index (χ1) is 5.37. The third-order valence-corrected chi connectivity index (χ3v) is 2.73. The second-order valence-electron chi connectivity index (χ2n) is 5.33. The molecule has 0 aliphatic carbocycles. The average molecular weight is 167 g/mol. The van der Waals surface area contributed by atoms with Gasteiger partial charge in [-0.2, -0.15) is 0 Å². The molecule has 1 rings (SSSR count). The quantitative estimate of drug-likeness (QED) is 0.572. The standard InChI is InChI=1S/C11H21N/c1-6-7-11(5)8-12(9-11)10(2,3)4/h6H,1,7-9H2,2-5H3. The Kier molecular flexibility index (Phi) is 2.35. The zero-order valence-corrected chi connectivity index (χ0v) is 8.85. The Morgan fingerprint density at radius 1 is 1.42 bits per heavy atom. The summed E-state index contributed by atoms with van der Waals surface area (Å²) in [6.07, 6.45) is 3.19. The van der Waals surface area contributed by atoms with E-state index in [9.17, 15) is 0 Å². The molecule has 0 amide bonds. The molecule has 1 fully saturated rings. The first kappa shape index (κ1) is 9.79. The fourth-order valence-corrected chi connectivity index (χ4v) is 1.83. The van der Waals surface area contributed by atoms with Crippen molar-refractivity contribution in [1.29, 1.82) is 0 Å². The molecule has 0 saturated carbocycles. The summed E-state index contributed by atoms with van der Waals surface area (Å²) < 4.78 is 0. The third-order valence-electron chi connectivity index (χ3n) is 2.73. The number of rotatable bonds is 2. The Bertz CT molecular complexity index is 170. The Labute approximate surface area is 76.5 Å². The van der Waals surface area contributed by atoms with Gasteiger partial charge in [0.15, 0.2) is 0 Å². The van der Waals surface area contributed by atoms with Crippen molar-refractivity contribution in [3.8, 4) is 0 Å². The largest absolute Gasteiger partial charge is 0.297 e. The van der Waals surface area contributed by atoms with Gasteiger partial charge in [0.1, 0.15) is 0 Å². The van der Waals surface area contributed by atoms with Gasteiger partial charge in [-0.25, -0.2) is 0 Å². The van der Waals surface area contributed by atoms with Crippen LogP contribution >= 0.6 is 0 Å². The van der Waals surface area contributed by atoms with Crippen LogP contribution in [0.25, 0.3) is 0 Å². The molecular weight excluding hydrogens is 146 g/mol. The Balaban J connectivity index is 2.41. The summed E-state index contributed by atoms with van der Waals surface area (Å²) in [7, 11) is 0. The van der Waals surface area contributed by atoms with E-state index in [1.54, 1.807) is 0 Å². The molecular formula is C11H21N. The molecule has 0 N–H and O–H groups in total. The normalized spacial score (nSPS) is 23.3. The molecule has 1 saturated heterocycles. The van der Waals surface area contributed by atoms with Crippen LogP contribution in [0.4, 0.5) is 0 Å². The summed E-state index contributed by atoms with van der Waals surface area (Å²) in [5.74, 6) is 0. The van der Waals surface area contributed by atoms with Crippen molar-refractivity contribution in [3.05, 3.63) is 12.7 Å². The molecule has 70 valence electrons. The summed E-state index contributed by atoms with van der Waals surface area (Å²) in [6.45, 7) is 15.4. The smallest absolute Gasteiger partial charge is 0.0125 e. The fourth-order valence-electron chi connectivity index (χ4n) is 1.83. The molecule has 1 heterocycles. The molecule has 1 aliphatic heterocycles. The zero-order chi connectivity index (χ0) is 9.41. The van der Waals surface area contributed by atoms with Crippen LogP contribution in [0, 0.1) is 5.41 Å². The van der Waals surface area contributed by atoms with E-state index in [0.717, 1.165) is 6.42 Å². The van der Waals surface area contributed by atoms with Gasteiger partial charge >= 0.3 is 0 Å². The van der Waals surface area contributed by atoms with E-state index >= 15 is 0 Å². The first-order valence-electron chi connectivity index (χ1n) is 4.73. The van der Waals surface area contributed by atoms with E-state index in [0.29, 0.717) is 11.0 Å². The van der Waals surface area contributed by atoms with Gasteiger partial charge in [-0.3, -0.25) is 4.90 Å². The van der Waals surface area contributed by atoms with Crippen LogP contribution in [0.15, 0.2) is 12.7 Å². The van der Waals surface area contributed by atoms with Gasteiger partial charge in [-0.1, -0.05) is 13.0 Å². The van der Waals surface area contributed by atoms with Crippen molar-refractivity contribution in [2.24, 2.45) is 5.41 Å². The second kappa shape index (κ2) is 2.88. The zero-order valence-electron chi connectivity index (χ0n) is 8.85. The maximum atomic E-state index is 3.80. The van der Waals surface area contributed by atoms with Crippen molar-refractivity contribution >= 4 is 0 Å². The Morgan fingerprint density at radius 3 is 2.25 bits per heavy atom. The molecule has 1 heteroatoms. The molecule has 0 unspecified atom stereocenters. The summed E-state index contributed by atoms with van der Waals surface area (Å²) in [6, 6.07) is 0. The van der Waals surface area contributed by atoms with Crippen LogP contribution in [-0.4, -0.2) is 23.5 Å². The average Bonchev–Trinajstić information content (AvgIpc) is 1.81. The van der Waals surface area contributed by atoms with Gasteiger partial charge in [-0.15, -0.1) is 6.58 Å². The highest BCUT2D eigenvalue weighted by atomic mass is 15.3. The molecule has 0 bridgehead atoms. The minimum absolute atomic E-state index is 0.348. The number of hydrogen-bond donors (Lipinski definition) is 0. The van der Waals surface area contributed by atoms with Crippen molar-refractivity contribution in [2.45, 2.75) is 39.7 Å². The molecule has 0 radical (unpaired) electrons. The molecule has 0 aromatic rings. The molecule has 1 aliphatic rings. The first-order valence-corrected chi connectivity index (χ1v) is 4.73. The lowest BCUT2D eigenvalue weighted by molar-refractivity contribution is -0.0459. The van der Waals surface area contributed by atoms with Gasteiger partial charge in [0, 0.05) is 18.6 Å². The number of nitrogens with zero attached hydrogens (tertiary/aromatic N) is 1.